The molecule has 0 heterocycles. The maximum Gasteiger partial charge on any atom is 0.383 e. The first-order chi connectivity index (χ1) is 8.25. The highest BCUT2D eigenvalue weighted by Crippen LogP contribution is 2.25. The number of benzene rings is 1. The minimum atomic E-state index is -4.69. The van der Waals surface area contributed by atoms with Gasteiger partial charge in [-0.15, -0.1) is 0 Å². The summed E-state index contributed by atoms with van der Waals surface area (Å²) in [6.45, 7) is 0. The average Bonchev–Trinajstić information content (AvgIpc) is 2.29. The number of alkyl halides is 4. The minimum Gasteiger partial charge on any atom is -0.378 e. The molecule has 0 unspecified atom stereocenters. The molecule has 0 aliphatic heterocycles. The van der Waals surface area contributed by atoms with Gasteiger partial charge in [0.1, 0.15) is 0 Å². The van der Waals surface area contributed by atoms with Crippen molar-refractivity contribution in [1.82, 2.24) is 0 Å². The molecule has 0 atom stereocenters. The molecular formula is C11H12F4N2O. The molecule has 1 N–H and O–H groups in total. The lowest BCUT2D eigenvalue weighted by atomic mass is 10.2. The van der Waals surface area contributed by atoms with Crippen LogP contribution in [0.3, 0.4) is 0 Å². The first-order valence-electron chi connectivity index (χ1n) is 5.00. The highest BCUT2D eigenvalue weighted by Gasteiger charge is 2.48. The van der Waals surface area contributed by atoms with Crippen LogP contribution in [-0.2, 0) is 4.79 Å². The zero-order valence-electron chi connectivity index (χ0n) is 9.75. The predicted molar refractivity (Wildman–Crippen MR) is 60.3 cm³/mol. The summed E-state index contributed by atoms with van der Waals surface area (Å²) in [5.74, 6) is -6.71. The second-order valence-corrected chi connectivity index (χ2v) is 3.82. The van der Waals surface area contributed by atoms with Crippen molar-refractivity contribution < 1.29 is 22.4 Å². The number of nitrogens with one attached hydrogen (secondary N) is 1. The van der Waals surface area contributed by atoms with Crippen LogP contribution in [0.15, 0.2) is 24.3 Å². The van der Waals surface area contributed by atoms with E-state index in [-0.39, 0.29) is 5.69 Å². The average molecular weight is 264 g/mol. The maximum absolute atomic E-state index is 12.7. The number of halogens is 4. The van der Waals surface area contributed by atoms with Gasteiger partial charge in [-0.2, -0.15) is 8.78 Å². The van der Waals surface area contributed by atoms with Gasteiger partial charge in [-0.25, -0.2) is 8.78 Å². The quantitative estimate of drug-likeness (QED) is 0.848. The van der Waals surface area contributed by atoms with E-state index in [1.807, 2.05) is 0 Å². The fourth-order valence-corrected chi connectivity index (χ4v) is 1.16. The summed E-state index contributed by atoms with van der Waals surface area (Å²) in [6.07, 6.45) is -4.03. The highest BCUT2D eigenvalue weighted by molar-refractivity contribution is 5.96. The van der Waals surface area contributed by atoms with Crippen molar-refractivity contribution in [2.24, 2.45) is 0 Å². The summed E-state index contributed by atoms with van der Waals surface area (Å²) in [7, 11) is 3.55. The molecule has 0 saturated heterocycles. The van der Waals surface area contributed by atoms with Gasteiger partial charge in [-0.3, -0.25) is 4.79 Å². The molecule has 0 bridgehead atoms. The van der Waals surface area contributed by atoms with Gasteiger partial charge in [-0.05, 0) is 24.3 Å². The van der Waals surface area contributed by atoms with E-state index >= 15 is 0 Å². The lowest BCUT2D eigenvalue weighted by molar-refractivity contribution is -0.163. The molecule has 1 rings (SSSR count). The Morgan fingerprint density at radius 1 is 1.22 bits per heavy atom. The first kappa shape index (κ1) is 14.3. The molecule has 0 fully saturated rings. The Bertz CT molecular complexity index is 418. The van der Waals surface area contributed by atoms with Crippen LogP contribution in [0.25, 0.3) is 0 Å². The summed E-state index contributed by atoms with van der Waals surface area (Å²) in [5.41, 5.74) is 0.819. The van der Waals surface area contributed by atoms with E-state index in [4.69, 9.17) is 0 Å². The van der Waals surface area contributed by atoms with Crippen LogP contribution in [-0.4, -0.2) is 32.4 Å². The Morgan fingerprint density at radius 3 is 2.11 bits per heavy atom. The third kappa shape index (κ3) is 3.12. The van der Waals surface area contributed by atoms with E-state index < -0.39 is 18.3 Å². The van der Waals surface area contributed by atoms with Crippen molar-refractivity contribution in [1.29, 1.82) is 0 Å². The van der Waals surface area contributed by atoms with E-state index in [0.29, 0.717) is 0 Å². The zero-order chi connectivity index (χ0) is 13.9. The van der Waals surface area contributed by atoms with E-state index in [1.54, 1.807) is 36.4 Å². The Morgan fingerprint density at radius 2 is 1.72 bits per heavy atom. The number of carbonyl (C=O) groups is 1. The molecule has 1 aromatic rings. The standard InChI is InChI=1S/C11H12F4N2O/c1-17(2)8-5-3-7(4-6-8)16-10(18)11(14,15)9(12)13/h3-6,9H,1-2H3,(H,16,18). The van der Waals surface area contributed by atoms with Crippen LogP contribution < -0.4 is 10.2 Å². The summed E-state index contributed by atoms with van der Waals surface area (Å²) >= 11 is 0. The second-order valence-electron chi connectivity index (χ2n) is 3.82. The molecule has 0 radical (unpaired) electrons. The molecule has 0 aromatic heterocycles. The largest absolute Gasteiger partial charge is 0.383 e. The van der Waals surface area contributed by atoms with E-state index in [9.17, 15) is 22.4 Å². The molecule has 1 aromatic carbocycles. The maximum atomic E-state index is 12.7. The molecular weight excluding hydrogens is 252 g/mol. The van der Waals surface area contributed by atoms with Crippen molar-refractivity contribution in [3.8, 4) is 0 Å². The number of amides is 1. The lowest BCUT2D eigenvalue weighted by Crippen LogP contribution is -2.40. The Balaban J connectivity index is 2.77. The summed E-state index contributed by atoms with van der Waals surface area (Å²) in [5, 5.41) is 1.74. The summed E-state index contributed by atoms with van der Waals surface area (Å²) < 4.78 is 49.2. The lowest BCUT2D eigenvalue weighted by Gasteiger charge is -2.16. The Hall–Kier alpha value is -1.79. The minimum absolute atomic E-state index is 0.0333. The fraction of sp³-hybridized carbons (Fsp3) is 0.364. The number of hydrogen-bond donors (Lipinski definition) is 1. The number of rotatable bonds is 4. The Labute approximate surface area is 101 Å². The van der Waals surface area contributed by atoms with Gasteiger partial charge in [0.05, 0.1) is 0 Å². The monoisotopic (exact) mass is 264 g/mol. The van der Waals surface area contributed by atoms with Crippen LogP contribution in [0.2, 0.25) is 0 Å². The molecule has 1 amide bonds. The van der Waals surface area contributed by atoms with Crippen molar-refractivity contribution in [3.63, 3.8) is 0 Å². The second kappa shape index (κ2) is 5.24. The van der Waals surface area contributed by atoms with Crippen LogP contribution in [0.4, 0.5) is 28.9 Å². The van der Waals surface area contributed by atoms with Crippen molar-refractivity contribution in [3.05, 3.63) is 24.3 Å². The van der Waals surface area contributed by atoms with Gasteiger partial charge in [0.2, 0.25) is 0 Å². The van der Waals surface area contributed by atoms with Gasteiger partial charge in [0, 0.05) is 25.5 Å². The smallest absolute Gasteiger partial charge is 0.378 e. The van der Waals surface area contributed by atoms with E-state index in [0.717, 1.165) is 5.69 Å². The van der Waals surface area contributed by atoms with E-state index in [2.05, 4.69) is 0 Å². The van der Waals surface area contributed by atoms with Crippen LogP contribution in [0.1, 0.15) is 0 Å². The molecule has 100 valence electrons. The topological polar surface area (TPSA) is 32.3 Å². The van der Waals surface area contributed by atoms with E-state index in [1.165, 1.54) is 12.1 Å². The summed E-state index contributed by atoms with van der Waals surface area (Å²) in [4.78, 5) is 12.7. The van der Waals surface area contributed by atoms with Gasteiger partial charge in [0.25, 0.3) is 0 Å². The third-order valence-corrected chi connectivity index (χ3v) is 2.22. The van der Waals surface area contributed by atoms with Crippen LogP contribution in [0.5, 0.6) is 0 Å². The predicted octanol–water partition coefficient (Wildman–Crippen LogP) is 2.59. The normalized spacial score (nSPS) is 11.5. The summed E-state index contributed by atoms with van der Waals surface area (Å²) in [6, 6.07) is 5.84. The van der Waals surface area contributed by atoms with Gasteiger partial charge < -0.3 is 10.2 Å². The zero-order valence-corrected chi connectivity index (χ0v) is 9.75. The Kier molecular flexibility index (Phi) is 4.15. The number of hydrogen-bond acceptors (Lipinski definition) is 2. The van der Waals surface area contributed by atoms with Crippen LogP contribution in [0, 0.1) is 0 Å². The SMILES string of the molecule is CN(C)c1ccc(NC(=O)C(F)(F)C(F)F)cc1. The highest BCUT2D eigenvalue weighted by atomic mass is 19.3. The molecule has 0 aliphatic rings. The molecule has 3 nitrogen and oxygen atoms in total. The van der Waals surface area contributed by atoms with Gasteiger partial charge in [-0.1, -0.05) is 0 Å². The van der Waals surface area contributed by atoms with Gasteiger partial charge in [0.15, 0.2) is 0 Å². The van der Waals surface area contributed by atoms with Crippen LogP contribution >= 0.6 is 0 Å². The van der Waals surface area contributed by atoms with Crippen molar-refractivity contribution >= 4 is 17.3 Å². The van der Waals surface area contributed by atoms with Crippen molar-refractivity contribution in [2.45, 2.75) is 12.3 Å². The molecule has 0 saturated carbocycles. The first-order valence-corrected chi connectivity index (χ1v) is 5.00. The number of carbonyl (C=O) groups excluding carboxylic acids is 1. The van der Waals surface area contributed by atoms with Crippen molar-refractivity contribution in [2.75, 3.05) is 24.3 Å². The van der Waals surface area contributed by atoms with Gasteiger partial charge >= 0.3 is 18.3 Å². The number of anilines is 2. The molecule has 0 aliphatic carbocycles. The fourth-order valence-electron chi connectivity index (χ4n) is 1.16. The molecule has 18 heavy (non-hydrogen) atoms. The number of nitrogens with zero attached hydrogens (tertiary/aromatic N) is 1. The molecule has 0 spiro atoms. The molecule has 7 heteroatoms. The third-order valence-electron chi connectivity index (χ3n) is 2.22.